The van der Waals surface area contributed by atoms with Gasteiger partial charge < -0.3 is 4.74 Å². The van der Waals surface area contributed by atoms with E-state index in [9.17, 15) is 18.0 Å². The van der Waals surface area contributed by atoms with Gasteiger partial charge in [0.2, 0.25) is 5.91 Å². The van der Waals surface area contributed by atoms with Gasteiger partial charge in [-0.25, -0.2) is 10.4 Å². The highest BCUT2D eigenvalue weighted by Gasteiger charge is 2.48. The molecule has 2 heterocycles. The molecule has 0 saturated carbocycles. The van der Waals surface area contributed by atoms with E-state index in [1.807, 2.05) is 0 Å². The van der Waals surface area contributed by atoms with E-state index in [1.54, 1.807) is 31.0 Å². The fourth-order valence-electron chi connectivity index (χ4n) is 3.35. The average Bonchev–Trinajstić information content (AvgIpc) is 3.17. The highest BCUT2D eigenvalue weighted by molar-refractivity contribution is 9.09. The van der Waals surface area contributed by atoms with Gasteiger partial charge in [-0.15, -0.1) is 11.3 Å². The number of alkyl halides is 4. The summed E-state index contributed by atoms with van der Waals surface area (Å²) in [5, 5.41) is 1.50. The van der Waals surface area contributed by atoms with Crippen LogP contribution in [0.4, 0.5) is 13.2 Å². The molecule has 1 unspecified atom stereocenters. The van der Waals surface area contributed by atoms with Gasteiger partial charge in [0.1, 0.15) is 11.3 Å². The van der Waals surface area contributed by atoms with E-state index in [0.29, 0.717) is 28.1 Å². The number of nitrogens with zero attached hydrogens (tertiary/aromatic N) is 2. The molecule has 1 aromatic heterocycles. The lowest BCUT2D eigenvalue weighted by Gasteiger charge is -2.23. The molecule has 1 aromatic carbocycles. The minimum Gasteiger partial charge on any atom is -0.494 e. The van der Waals surface area contributed by atoms with Crippen LogP contribution in [0.2, 0.25) is 0 Å². The van der Waals surface area contributed by atoms with Gasteiger partial charge in [0.25, 0.3) is 0 Å². The van der Waals surface area contributed by atoms with Crippen molar-refractivity contribution in [2.24, 2.45) is 5.41 Å². The molecule has 2 aromatic rings. The van der Waals surface area contributed by atoms with E-state index < -0.39 is 22.6 Å². The van der Waals surface area contributed by atoms with E-state index in [0.717, 1.165) is 18.2 Å². The third-order valence-electron chi connectivity index (χ3n) is 4.88. The maximum atomic E-state index is 13.2. The minimum absolute atomic E-state index is 0.0726. The average molecular weight is 480 g/mol. The van der Waals surface area contributed by atoms with E-state index in [2.05, 4.69) is 26.3 Å². The number of halogens is 4. The first kappa shape index (κ1) is 21.3. The Morgan fingerprint density at radius 2 is 2.07 bits per heavy atom. The number of hydrazine groups is 1. The van der Waals surface area contributed by atoms with Crippen molar-refractivity contribution >= 4 is 43.4 Å². The highest BCUT2D eigenvalue weighted by Crippen LogP contribution is 2.47. The van der Waals surface area contributed by atoms with Crippen LogP contribution in [0.3, 0.4) is 0 Å². The van der Waals surface area contributed by atoms with Gasteiger partial charge in [-0.05, 0) is 38.3 Å². The summed E-state index contributed by atoms with van der Waals surface area (Å²) >= 11 is 3.95. The molecule has 1 fully saturated rings. The van der Waals surface area contributed by atoms with Crippen molar-refractivity contribution in [1.82, 2.24) is 15.4 Å². The standard InChI is InChI=1S/C18H21BrF3N3O2S/c1-17(2)14(24-25(16(17)26)9-5-4-8-19)10-6-7-11(27-3)12-13(10)28-15(23-12)18(20,21)22/h6-7,14,24H,4-5,8-9H2,1-3H3. The zero-order valence-electron chi connectivity index (χ0n) is 15.7. The van der Waals surface area contributed by atoms with Crippen molar-refractivity contribution in [3.05, 3.63) is 22.7 Å². The Kier molecular flexibility index (Phi) is 5.94. The number of amides is 1. The van der Waals surface area contributed by atoms with Crippen LogP contribution in [0.25, 0.3) is 10.2 Å². The maximum Gasteiger partial charge on any atom is 0.443 e. The first-order valence-electron chi connectivity index (χ1n) is 8.80. The van der Waals surface area contributed by atoms with Gasteiger partial charge in [0.15, 0.2) is 5.01 Å². The van der Waals surface area contributed by atoms with E-state index in [-0.39, 0.29) is 17.2 Å². The predicted molar refractivity (Wildman–Crippen MR) is 106 cm³/mol. The van der Waals surface area contributed by atoms with E-state index in [4.69, 9.17) is 4.74 Å². The first-order valence-corrected chi connectivity index (χ1v) is 10.7. The predicted octanol–water partition coefficient (Wildman–Crippen LogP) is 4.91. The maximum absolute atomic E-state index is 13.2. The van der Waals surface area contributed by atoms with Crippen molar-refractivity contribution in [3.8, 4) is 5.75 Å². The zero-order chi connectivity index (χ0) is 20.7. The Labute approximate surface area is 173 Å². The Morgan fingerprint density at radius 3 is 2.68 bits per heavy atom. The zero-order valence-corrected chi connectivity index (χ0v) is 18.1. The summed E-state index contributed by atoms with van der Waals surface area (Å²) in [4.78, 5) is 16.6. The summed E-state index contributed by atoms with van der Waals surface area (Å²) in [5.41, 5.74) is 3.18. The van der Waals surface area contributed by atoms with Gasteiger partial charge in [0, 0.05) is 11.9 Å². The van der Waals surface area contributed by atoms with Crippen LogP contribution in [-0.2, 0) is 11.0 Å². The molecule has 1 atom stereocenters. The molecule has 0 spiro atoms. The summed E-state index contributed by atoms with van der Waals surface area (Å²) in [6.07, 6.45) is -2.79. The summed E-state index contributed by atoms with van der Waals surface area (Å²) < 4.78 is 45.3. The smallest absolute Gasteiger partial charge is 0.443 e. The number of benzene rings is 1. The third kappa shape index (κ3) is 3.73. The monoisotopic (exact) mass is 479 g/mol. The number of thiazole rings is 1. The number of rotatable bonds is 6. The molecule has 0 aliphatic carbocycles. The van der Waals surface area contributed by atoms with Gasteiger partial charge in [-0.2, -0.15) is 13.2 Å². The van der Waals surface area contributed by atoms with Crippen molar-refractivity contribution < 1.29 is 22.7 Å². The van der Waals surface area contributed by atoms with Crippen LogP contribution in [0.5, 0.6) is 5.75 Å². The molecule has 1 aliphatic rings. The molecule has 1 amide bonds. The lowest BCUT2D eigenvalue weighted by atomic mass is 9.81. The largest absolute Gasteiger partial charge is 0.494 e. The second kappa shape index (κ2) is 7.79. The molecule has 1 aliphatic heterocycles. The van der Waals surface area contributed by atoms with Gasteiger partial charge in [-0.1, -0.05) is 22.0 Å². The number of ether oxygens (including phenoxy) is 1. The van der Waals surface area contributed by atoms with Crippen molar-refractivity contribution in [3.63, 3.8) is 0 Å². The van der Waals surface area contributed by atoms with Gasteiger partial charge in [0.05, 0.1) is 23.3 Å². The quantitative estimate of drug-likeness (QED) is 0.472. The molecule has 3 rings (SSSR count). The SMILES string of the molecule is COc1ccc(C2NN(CCCCBr)C(=O)C2(C)C)c2sc(C(F)(F)F)nc12. The molecule has 1 saturated heterocycles. The minimum atomic E-state index is -4.54. The first-order chi connectivity index (χ1) is 13.1. The second-order valence-electron chi connectivity index (χ2n) is 7.19. The van der Waals surface area contributed by atoms with Crippen LogP contribution in [0.1, 0.15) is 43.3 Å². The van der Waals surface area contributed by atoms with E-state index >= 15 is 0 Å². The lowest BCUT2D eigenvalue weighted by molar-refractivity contribution is -0.137. The fraction of sp³-hybridized carbons (Fsp3) is 0.556. The number of fused-ring (bicyclic) bond motifs is 1. The molecule has 28 heavy (non-hydrogen) atoms. The Bertz CT molecular complexity index is 885. The molecule has 5 nitrogen and oxygen atoms in total. The second-order valence-corrected chi connectivity index (χ2v) is 8.98. The molecular weight excluding hydrogens is 459 g/mol. The third-order valence-corrected chi connectivity index (χ3v) is 6.59. The molecule has 154 valence electrons. The van der Waals surface area contributed by atoms with Crippen molar-refractivity contribution in [2.75, 3.05) is 19.0 Å². The molecule has 10 heteroatoms. The number of carbonyl (C=O) groups is 1. The number of nitrogens with one attached hydrogen (secondary N) is 1. The molecular formula is C18H21BrF3N3O2S. The summed E-state index contributed by atoms with van der Waals surface area (Å²) in [5.74, 6) is 0.207. The van der Waals surface area contributed by atoms with E-state index in [1.165, 1.54) is 7.11 Å². The Hall–Kier alpha value is -1.39. The normalized spacial score (nSPS) is 19.6. The number of aromatic nitrogens is 1. The number of unbranched alkanes of at least 4 members (excludes halogenated alkanes) is 1. The number of hydrogen-bond acceptors (Lipinski definition) is 5. The summed E-state index contributed by atoms with van der Waals surface area (Å²) in [6, 6.07) is 2.86. The highest BCUT2D eigenvalue weighted by atomic mass is 79.9. The molecule has 1 N–H and O–H groups in total. The Balaban J connectivity index is 2.05. The number of hydrogen-bond donors (Lipinski definition) is 1. The van der Waals surface area contributed by atoms with Gasteiger partial charge in [-0.3, -0.25) is 9.80 Å². The van der Waals surface area contributed by atoms with Crippen LogP contribution in [0.15, 0.2) is 12.1 Å². The topological polar surface area (TPSA) is 54.5 Å². The van der Waals surface area contributed by atoms with Crippen LogP contribution >= 0.6 is 27.3 Å². The summed E-state index contributed by atoms with van der Waals surface area (Å²) in [6.45, 7) is 4.15. The van der Waals surface area contributed by atoms with Crippen LogP contribution in [0, 0.1) is 5.41 Å². The summed E-state index contributed by atoms with van der Waals surface area (Å²) in [7, 11) is 1.40. The van der Waals surface area contributed by atoms with Crippen LogP contribution in [-0.4, -0.2) is 34.9 Å². The molecule has 0 bridgehead atoms. The molecule has 0 radical (unpaired) electrons. The lowest BCUT2D eigenvalue weighted by Crippen LogP contribution is -2.36. The Morgan fingerprint density at radius 1 is 1.36 bits per heavy atom. The van der Waals surface area contributed by atoms with Crippen molar-refractivity contribution in [2.45, 2.75) is 38.9 Å². The number of carbonyl (C=O) groups excluding carboxylic acids is 1. The van der Waals surface area contributed by atoms with Gasteiger partial charge >= 0.3 is 6.18 Å². The number of methoxy groups -OCH3 is 1. The van der Waals surface area contributed by atoms with Crippen molar-refractivity contribution in [1.29, 1.82) is 0 Å². The van der Waals surface area contributed by atoms with Crippen LogP contribution < -0.4 is 10.2 Å². The fourth-order valence-corrected chi connectivity index (χ4v) is 4.74.